The highest BCUT2D eigenvalue weighted by molar-refractivity contribution is 5.68. The molecule has 1 aliphatic carbocycles. The first kappa shape index (κ1) is 16.8. The Morgan fingerprint density at radius 2 is 2.00 bits per heavy atom. The van der Waals surface area contributed by atoms with E-state index in [4.69, 9.17) is 4.74 Å². The Hall–Kier alpha value is -1.55. The maximum absolute atomic E-state index is 11.7. The average molecular weight is 304 g/mol. The molecule has 2 N–H and O–H groups in total. The molecule has 0 saturated heterocycles. The van der Waals surface area contributed by atoms with E-state index in [9.17, 15) is 4.79 Å². The van der Waals surface area contributed by atoms with Crippen molar-refractivity contribution < 1.29 is 9.53 Å². The van der Waals surface area contributed by atoms with Crippen molar-refractivity contribution in [1.82, 2.24) is 10.6 Å². The monoisotopic (exact) mass is 304 g/mol. The summed E-state index contributed by atoms with van der Waals surface area (Å²) in [5.41, 5.74) is 2.46. The molecule has 0 aliphatic heterocycles. The molecule has 4 heteroatoms. The molecule has 0 spiro atoms. The first-order chi connectivity index (χ1) is 10.3. The predicted molar refractivity (Wildman–Crippen MR) is 89.1 cm³/mol. The van der Waals surface area contributed by atoms with Crippen LogP contribution in [0.4, 0.5) is 4.79 Å². The molecule has 0 bridgehead atoms. The summed E-state index contributed by atoms with van der Waals surface area (Å²) in [5.74, 6) is 0. The Kier molecular flexibility index (Phi) is 5.46. The molecule has 1 aromatic rings. The van der Waals surface area contributed by atoms with Crippen molar-refractivity contribution in [1.29, 1.82) is 0 Å². The van der Waals surface area contributed by atoms with Crippen molar-refractivity contribution in [2.24, 2.45) is 0 Å². The van der Waals surface area contributed by atoms with Crippen molar-refractivity contribution in [2.45, 2.75) is 64.6 Å². The number of carbonyl (C=O) groups excluding carboxylic acids is 1. The number of carbonyl (C=O) groups is 1. The van der Waals surface area contributed by atoms with Crippen LogP contribution in [0.1, 0.15) is 45.2 Å². The minimum absolute atomic E-state index is 0.0482. The van der Waals surface area contributed by atoms with Gasteiger partial charge >= 0.3 is 6.09 Å². The van der Waals surface area contributed by atoms with Crippen LogP contribution in [0.25, 0.3) is 0 Å². The van der Waals surface area contributed by atoms with Crippen LogP contribution in [0, 0.1) is 0 Å². The summed E-state index contributed by atoms with van der Waals surface area (Å²) < 4.78 is 5.27. The molecule has 1 aliphatic rings. The van der Waals surface area contributed by atoms with E-state index >= 15 is 0 Å². The third-order valence-corrected chi connectivity index (χ3v) is 3.82. The van der Waals surface area contributed by atoms with Crippen LogP contribution < -0.4 is 10.6 Å². The Morgan fingerprint density at radius 1 is 1.32 bits per heavy atom. The molecule has 0 saturated carbocycles. The summed E-state index contributed by atoms with van der Waals surface area (Å²) in [6.45, 7) is 8.36. The number of nitrogens with one attached hydrogen (secondary N) is 2. The molecular weight excluding hydrogens is 276 g/mol. The molecule has 22 heavy (non-hydrogen) atoms. The van der Waals surface area contributed by atoms with Gasteiger partial charge in [-0.3, -0.25) is 0 Å². The number of fused-ring (bicyclic) bond motifs is 1. The summed E-state index contributed by atoms with van der Waals surface area (Å²) in [6.07, 6.45) is 2.99. The van der Waals surface area contributed by atoms with Crippen molar-refractivity contribution in [3.63, 3.8) is 0 Å². The van der Waals surface area contributed by atoms with Gasteiger partial charge in [0.05, 0.1) is 0 Å². The van der Waals surface area contributed by atoms with Crippen LogP contribution in [-0.2, 0) is 17.6 Å². The molecular formula is C18H28N2O2. The van der Waals surface area contributed by atoms with Crippen molar-refractivity contribution in [3.8, 4) is 0 Å². The van der Waals surface area contributed by atoms with E-state index in [1.807, 2.05) is 27.7 Å². The zero-order valence-electron chi connectivity index (χ0n) is 14.1. The van der Waals surface area contributed by atoms with Gasteiger partial charge in [0, 0.05) is 18.6 Å². The highest BCUT2D eigenvalue weighted by Crippen LogP contribution is 2.20. The third kappa shape index (κ3) is 5.34. The Balaban J connectivity index is 1.73. The van der Waals surface area contributed by atoms with Crippen LogP contribution in [-0.4, -0.2) is 30.3 Å². The molecule has 2 rings (SSSR count). The fraction of sp³-hybridized carbons (Fsp3) is 0.611. The molecule has 1 aromatic carbocycles. The van der Waals surface area contributed by atoms with Gasteiger partial charge in [0.1, 0.15) is 5.60 Å². The zero-order chi connectivity index (χ0) is 16.2. The molecule has 2 atom stereocenters. The molecule has 4 nitrogen and oxygen atoms in total. The maximum Gasteiger partial charge on any atom is 0.407 e. The summed E-state index contributed by atoms with van der Waals surface area (Å²) in [6, 6.07) is 9.18. The summed E-state index contributed by atoms with van der Waals surface area (Å²) in [7, 11) is 0. The number of aryl methyl sites for hydroxylation is 1. The quantitative estimate of drug-likeness (QED) is 0.899. The van der Waals surface area contributed by atoms with Crippen molar-refractivity contribution in [3.05, 3.63) is 35.4 Å². The summed E-state index contributed by atoms with van der Waals surface area (Å²) in [5, 5.41) is 6.43. The van der Waals surface area contributed by atoms with Gasteiger partial charge in [-0.05, 0) is 58.1 Å². The fourth-order valence-corrected chi connectivity index (χ4v) is 2.78. The van der Waals surface area contributed by atoms with Gasteiger partial charge in [0.2, 0.25) is 0 Å². The van der Waals surface area contributed by atoms with Crippen LogP contribution in [0.15, 0.2) is 24.3 Å². The first-order valence-electron chi connectivity index (χ1n) is 8.13. The highest BCUT2D eigenvalue weighted by Gasteiger charge is 2.20. The number of hydrogen-bond acceptors (Lipinski definition) is 3. The molecule has 2 unspecified atom stereocenters. The number of amides is 1. The average Bonchev–Trinajstić information content (AvgIpc) is 2.42. The van der Waals surface area contributed by atoms with Gasteiger partial charge in [-0.15, -0.1) is 0 Å². The van der Waals surface area contributed by atoms with Crippen LogP contribution in [0.2, 0.25) is 0 Å². The van der Waals surface area contributed by atoms with Gasteiger partial charge in [0.15, 0.2) is 0 Å². The normalized spacial score (nSPS) is 19.2. The second-order valence-corrected chi connectivity index (χ2v) is 7.16. The van der Waals surface area contributed by atoms with E-state index in [-0.39, 0.29) is 12.1 Å². The molecule has 0 radical (unpaired) electrons. The predicted octanol–water partition coefficient (Wildman–Crippen LogP) is 3.05. The lowest BCUT2D eigenvalue weighted by molar-refractivity contribution is 0.0507. The Morgan fingerprint density at radius 3 is 2.68 bits per heavy atom. The molecule has 122 valence electrons. The lowest BCUT2D eigenvalue weighted by atomic mass is 9.88. The third-order valence-electron chi connectivity index (χ3n) is 3.82. The maximum atomic E-state index is 11.7. The zero-order valence-corrected chi connectivity index (χ0v) is 14.1. The van der Waals surface area contributed by atoms with Gasteiger partial charge in [-0.25, -0.2) is 4.79 Å². The van der Waals surface area contributed by atoms with E-state index in [0.29, 0.717) is 6.04 Å². The SMILES string of the molecule is CC(CNC1CCc2ccccc2C1)NC(=O)OC(C)(C)C. The Labute approximate surface area is 133 Å². The van der Waals surface area contributed by atoms with Crippen LogP contribution in [0.5, 0.6) is 0 Å². The van der Waals surface area contributed by atoms with Gasteiger partial charge < -0.3 is 15.4 Å². The second kappa shape index (κ2) is 7.14. The smallest absolute Gasteiger partial charge is 0.407 e. The minimum Gasteiger partial charge on any atom is -0.444 e. The topological polar surface area (TPSA) is 50.4 Å². The number of hydrogen-bond donors (Lipinski definition) is 2. The van der Waals surface area contributed by atoms with Crippen molar-refractivity contribution in [2.75, 3.05) is 6.54 Å². The summed E-state index contributed by atoms with van der Waals surface area (Å²) >= 11 is 0. The van der Waals surface area contributed by atoms with Gasteiger partial charge in [-0.2, -0.15) is 0 Å². The summed E-state index contributed by atoms with van der Waals surface area (Å²) in [4.78, 5) is 11.7. The van der Waals surface area contributed by atoms with Gasteiger partial charge in [-0.1, -0.05) is 24.3 Å². The molecule has 0 heterocycles. The number of ether oxygens (including phenoxy) is 1. The second-order valence-electron chi connectivity index (χ2n) is 7.16. The van der Waals surface area contributed by atoms with Crippen LogP contribution >= 0.6 is 0 Å². The number of benzene rings is 1. The standard InChI is InChI=1S/C18H28N2O2/c1-13(20-17(21)22-18(2,3)4)12-19-16-10-9-14-7-5-6-8-15(14)11-16/h5-8,13,16,19H,9-12H2,1-4H3,(H,20,21). The lowest BCUT2D eigenvalue weighted by Crippen LogP contribution is -2.46. The molecule has 1 amide bonds. The minimum atomic E-state index is -0.454. The first-order valence-corrected chi connectivity index (χ1v) is 8.13. The van der Waals surface area contributed by atoms with Gasteiger partial charge in [0.25, 0.3) is 0 Å². The van der Waals surface area contributed by atoms with E-state index in [2.05, 4.69) is 34.9 Å². The van der Waals surface area contributed by atoms with Crippen LogP contribution in [0.3, 0.4) is 0 Å². The lowest BCUT2D eigenvalue weighted by Gasteiger charge is -2.27. The van der Waals surface area contributed by atoms with E-state index in [1.165, 1.54) is 11.1 Å². The molecule has 0 aromatic heterocycles. The largest absolute Gasteiger partial charge is 0.444 e. The number of rotatable bonds is 4. The Bertz CT molecular complexity index is 508. The van der Waals surface area contributed by atoms with E-state index in [1.54, 1.807) is 0 Å². The fourth-order valence-electron chi connectivity index (χ4n) is 2.78. The number of alkyl carbamates (subject to hydrolysis) is 1. The van der Waals surface area contributed by atoms with Crippen molar-refractivity contribution >= 4 is 6.09 Å². The highest BCUT2D eigenvalue weighted by atomic mass is 16.6. The van der Waals surface area contributed by atoms with E-state index in [0.717, 1.165) is 25.8 Å². The molecule has 0 fully saturated rings. The van der Waals surface area contributed by atoms with E-state index < -0.39 is 5.60 Å².